The third kappa shape index (κ3) is 2.51. The van der Waals surface area contributed by atoms with Gasteiger partial charge in [0.25, 0.3) is 0 Å². The normalized spacial score (nSPS) is 23.5. The number of carbonyl (C=O) groups is 1. The van der Waals surface area contributed by atoms with E-state index in [1.165, 1.54) is 36.8 Å². The summed E-state index contributed by atoms with van der Waals surface area (Å²) in [5.74, 6) is 0.591. The summed E-state index contributed by atoms with van der Waals surface area (Å²) in [4.78, 5) is 16.3. The number of hydrogen-bond donors (Lipinski definition) is 1. The van der Waals surface area contributed by atoms with Crippen LogP contribution in [0.2, 0.25) is 0 Å². The molecule has 0 radical (unpaired) electrons. The summed E-state index contributed by atoms with van der Waals surface area (Å²) in [7, 11) is 0. The largest absolute Gasteiger partial charge is 0.356 e. The lowest BCUT2D eigenvalue weighted by Crippen LogP contribution is -2.29. The Labute approximate surface area is 114 Å². The van der Waals surface area contributed by atoms with Crippen LogP contribution in [0, 0.1) is 18.3 Å². The first-order valence-corrected chi connectivity index (χ1v) is 7.38. The van der Waals surface area contributed by atoms with Crippen LogP contribution in [0.4, 0.5) is 0 Å². The first-order valence-electron chi connectivity index (χ1n) is 7.38. The highest BCUT2D eigenvalue weighted by atomic mass is 16.2. The number of nitrogens with one attached hydrogen (secondary N) is 1. The van der Waals surface area contributed by atoms with Gasteiger partial charge in [-0.3, -0.25) is 9.78 Å². The molecule has 19 heavy (non-hydrogen) atoms. The average Bonchev–Trinajstić information content (AvgIpc) is 2.90. The molecule has 3 heteroatoms. The highest BCUT2D eigenvalue weighted by molar-refractivity contribution is 5.82. The Balaban J connectivity index is 1.46. The monoisotopic (exact) mass is 258 g/mol. The molecule has 2 saturated carbocycles. The summed E-state index contributed by atoms with van der Waals surface area (Å²) in [6.45, 7) is 2.82. The molecule has 1 spiro atoms. The van der Waals surface area contributed by atoms with Crippen molar-refractivity contribution in [2.24, 2.45) is 11.3 Å². The highest BCUT2D eigenvalue weighted by Gasteiger charge is 2.58. The first-order chi connectivity index (χ1) is 9.21. The number of carbonyl (C=O) groups excluding carboxylic acids is 1. The summed E-state index contributed by atoms with van der Waals surface area (Å²) in [5, 5.41) is 3.10. The fourth-order valence-electron chi connectivity index (χ4n) is 3.55. The van der Waals surface area contributed by atoms with Crippen LogP contribution in [0.15, 0.2) is 18.5 Å². The third-order valence-electron chi connectivity index (χ3n) is 4.95. The molecule has 1 heterocycles. The van der Waals surface area contributed by atoms with Gasteiger partial charge in [-0.2, -0.15) is 0 Å². The van der Waals surface area contributed by atoms with Crippen molar-refractivity contribution >= 4 is 5.91 Å². The molecule has 1 N–H and O–H groups in total. The van der Waals surface area contributed by atoms with Gasteiger partial charge in [-0.15, -0.1) is 0 Å². The summed E-state index contributed by atoms with van der Waals surface area (Å²) in [6, 6.07) is 2.02. The number of rotatable bonds is 4. The number of amides is 1. The van der Waals surface area contributed by atoms with Crippen molar-refractivity contribution in [3.63, 3.8) is 0 Å². The van der Waals surface area contributed by atoms with E-state index in [1.807, 2.05) is 18.5 Å². The standard InChI is InChI=1S/C16H22N2O/c1-12-4-8-17-11-13(12)5-9-18-15(19)14-10-16(14)6-2-3-7-16/h4,8,11,14H,2-3,5-7,9-10H2,1H3,(H,18,19). The molecule has 0 aromatic carbocycles. The lowest BCUT2D eigenvalue weighted by atomic mass is 10.0. The minimum atomic E-state index is 0.281. The van der Waals surface area contributed by atoms with Gasteiger partial charge in [0, 0.05) is 24.9 Å². The van der Waals surface area contributed by atoms with Gasteiger partial charge in [-0.25, -0.2) is 0 Å². The fraction of sp³-hybridized carbons (Fsp3) is 0.625. The van der Waals surface area contributed by atoms with E-state index in [-0.39, 0.29) is 5.91 Å². The topological polar surface area (TPSA) is 42.0 Å². The minimum Gasteiger partial charge on any atom is -0.356 e. The zero-order chi connectivity index (χ0) is 13.3. The number of hydrogen-bond acceptors (Lipinski definition) is 2. The zero-order valence-electron chi connectivity index (χ0n) is 11.6. The van der Waals surface area contributed by atoms with Crippen LogP contribution < -0.4 is 5.32 Å². The Morgan fingerprint density at radius 2 is 2.26 bits per heavy atom. The maximum Gasteiger partial charge on any atom is 0.223 e. The van der Waals surface area contributed by atoms with Crippen LogP contribution >= 0.6 is 0 Å². The summed E-state index contributed by atoms with van der Waals surface area (Å²) in [5.41, 5.74) is 2.89. The molecule has 2 aliphatic carbocycles. The molecule has 102 valence electrons. The van der Waals surface area contributed by atoms with Crippen LogP contribution in [-0.2, 0) is 11.2 Å². The van der Waals surface area contributed by atoms with Crippen LogP contribution in [-0.4, -0.2) is 17.4 Å². The van der Waals surface area contributed by atoms with Crippen LogP contribution in [0.25, 0.3) is 0 Å². The summed E-state index contributed by atoms with van der Waals surface area (Å²) < 4.78 is 0. The Hall–Kier alpha value is -1.38. The molecule has 3 nitrogen and oxygen atoms in total. The second kappa shape index (κ2) is 4.95. The van der Waals surface area contributed by atoms with Gasteiger partial charge in [0.05, 0.1) is 0 Å². The Morgan fingerprint density at radius 1 is 1.47 bits per heavy atom. The molecule has 1 unspecified atom stereocenters. The van der Waals surface area contributed by atoms with Crippen molar-refractivity contribution in [1.29, 1.82) is 0 Å². The molecular formula is C16H22N2O. The second-order valence-electron chi connectivity index (χ2n) is 6.17. The molecule has 2 aliphatic rings. The van der Waals surface area contributed by atoms with Crippen molar-refractivity contribution in [2.45, 2.75) is 45.4 Å². The highest BCUT2D eigenvalue weighted by Crippen LogP contribution is 2.62. The maximum atomic E-state index is 12.1. The average molecular weight is 258 g/mol. The van der Waals surface area contributed by atoms with Crippen LogP contribution in [0.1, 0.15) is 43.2 Å². The van der Waals surface area contributed by atoms with Gasteiger partial charge in [-0.05, 0) is 55.2 Å². The van der Waals surface area contributed by atoms with E-state index in [0.29, 0.717) is 11.3 Å². The van der Waals surface area contributed by atoms with Crippen molar-refractivity contribution in [1.82, 2.24) is 10.3 Å². The van der Waals surface area contributed by atoms with Crippen molar-refractivity contribution < 1.29 is 4.79 Å². The van der Waals surface area contributed by atoms with E-state index >= 15 is 0 Å². The van der Waals surface area contributed by atoms with E-state index in [9.17, 15) is 4.79 Å². The Bertz CT molecular complexity index is 477. The molecule has 1 aromatic heterocycles. The van der Waals surface area contributed by atoms with Crippen molar-refractivity contribution in [3.8, 4) is 0 Å². The summed E-state index contributed by atoms with van der Waals surface area (Å²) >= 11 is 0. The molecular weight excluding hydrogens is 236 g/mol. The van der Waals surface area contributed by atoms with Gasteiger partial charge < -0.3 is 5.32 Å². The van der Waals surface area contributed by atoms with Crippen molar-refractivity contribution in [3.05, 3.63) is 29.6 Å². The molecule has 0 bridgehead atoms. The van der Waals surface area contributed by atoms with Gasteiger partial charge in [0.15, 0.2) is 0 Å². The SMILES string of the molecule is Cc1ccncc1CCNC(=O)C1CC12CCCC2. The molecule has 3 rings (SSSR count). The first kappa shape index (κ1) is 12.6. The predicted molar refractivity (Wildman–Crippen MR) is 74.7 cm³/mol. The molecule has 1 aromatic rings. The van der Waals surface area contributed by atoms with E-state index in [0.717, 1.165) is 19.4 Å². The van der Waals surface area contributed by atoms with E-state index in [4.69, 9.17) is 0 Å². The predicted octanol–water partition coefficient (Wildman–Crippen LogP) is 2.63. The smallest absolute Gasteiger partial charge is 0.223 e. The third-order valence-corrected chi connectivity index (χ3v) is 4.95. The second-order valence-corrected chi connectivity index (χ2v) is 6.17. The fourth-order valence-corrected chi connectivity index (χ4v) is 3.55. The molecule has 0 aliphatic heterocycles. The maximum absolute atomic E-state index is 12.1. The molecule has 0 saturated heterocycles. The van der Waals surface area contributed by atoms with Crippen molar-refractivity contribution in [2.75, 3.05) is 6.54 Å². The number of aromatic nitrogens is 1. The Kier molecular flexibility index (Phi) is 3.29. The number of pyridine rings is 1. The number of aryl methyl sites for hydroxylation is 1. The van der Waals surface area contributed by atoms with Gasteiger partial charge in [0.1, 0.15) is 0 Å². The molecule has 1 atom stereocenters. The summed E-state index contributed by atoms with van der Waals surface area (Å²) in [6.07, 6.45) is 10.9. The number of nitrogens with zero attached hydrogens (tertiary/aromatic N) is 1. The van der Waals surface area contributed by atoms with E-state index in [1.54, 1.807) is 0 Å². The molecule has 2 fully saturated rings. The quantitative estimate of drug-likeness (QED) is 0.902. The van der Waals surface area contributed by atoms with E-state index in [2.05, 4.69) is 17.2 Å². The minimum absolute atomic E-state index is 0.281. The Morgan fingerprint density at radius 3 is 3.00 bits per heavy atom. The van der Waals surface area contributed by atoms with Gasteiger partial charge in [-0.1, -0.05) is 12.8 Å². The van der Waals surface area contributed by atoms with Gasteiger partial charge in [0.2, 0.25) is 5.91 Å². The van der Waals surface area contributed by atoms with Gasteiger partial charge >= 0.3 is 0 Å². The zero-order valence-corrected chi connectivity index (χ0v) is 11.6. The lowest BCUT2D eigenvalue weighted by Gasteiger charge is -2.09. The van der Waals surface area contributed by atoms with Crippen LogP contribution in [0.3, 0.4) is 0 Å². The van der Waals surface area contributed by atoms with Crippen LogP contribution in [0.5, 0.6) is 0 Å². The molecule has 1 amide bonds. The lowest BCUT2D eigenvalue weighted by molar-refractivity contribution is -0.123. The van der Waals surface area contributed by atoms with E-state index < -0.39 is 0 Å².